The highest BCUT2D eigenvalue weighted by molar-refractivity contribution is 5.95. The number of piperidine rings is 1. The highest BCUT2D eigenvalue weighted by atomic mass is 16.5. The first kappa shape index (κ1) is 16.1. The third-order valence-electron chi connectivity index (χ3n) is 3.85. The maximum Gasteiger partial charge on any atom is 0.306 e. The molecule has 0 spiro atoms. The average molecular weight is 306 g/mol. The van der Waals surface area contributed by atoms with Gasteiger partial charge in [0, 0.05) is 18.7 Å². The number of carbonyl (C=O) groups is 2. The molecule has 1 aromatic carbocycles. The van der Waals surface area contributed by atoms with Crippen LogP contribution in [-0.2, 0) is 4.79 Å². The largest absolute Gasteiger partial charge is 0.491 e. The van der Waals surface area contributed by atoms with Gasteiger partial charge in [0.2, 0.25) is 0 Å². The minimum absolute atomic E-state index is 0.113. The summed E-state index contributed by atoms with van der Waals surface area (Å²) in [5.41, 5.74) is 6.87. The van der Waals surface area contributed by atoms with Gasteiger partial charge in [0.1, 0.15) is 5.75 Å². The number of amides is 1. The zero-order chi connectivity index (χ0) is 16.1. The normalized spacial score (nSPS) is 15.6. The number of carboxylic acids is 1. The lowest BCUT2D eigenvalue weighted by atomic mass is 9.96. The zero-order valence-electron chi connectivity index (χ0n) is 12.7. The number of hydrogen-bond acceptors (Lipinski definition) is 4. The SMILES string of the molecule is CCCOc1ccc(C(=O)N2CCC(C(=O)O)CC2)cc1N. The quantitative estimate of drug-likeness (QED) is 0.812. The topological polar surface area (TPSA) is 92.9 Å². The van der Waals surface area contributed by atoms with Gasteiger partial charge in [-0.05, 0) is 37.5 Å². The van der Waals surface area contributed by atoms with Gasteiger partial charge in [0.25, 0.3) is 5.91 Å². The molecular formula is C16H22N2O4. The second kappa shape index (κ2) is 7.15. The number of aliphatic carboxylic acids is 1. The van der Waals surface area contributed by atoms with Gasteiger partial charge in [-0.25, -0.2) is 0 Å². The number of rotatable bonds is 5. The minimum atomic E-state index is -0.784. The Balaban J connectivity index is 2.01. The molecule has 0 radical (unpaired) electrons. The van der Waals surface area contributed by atoms with Crippen LogP contribution in [0.15, 0.2) is 18.2 Å². The Kier molecular flexibility index (Phi) is 5.25. The number of nitrogen functional groups attached to an aromatic ring is 1. The Hall–Kier alpha value is -2.24. The van der Waals surface area contributed by atoms with Crippen molar-refractivity contribution in [3.63, 3.8) is 0 Å². The first-order valence-electron chi connectivity index (χ1n) is 7.57. The highest BCUT2D eigenvalue weighted by Crippen LogP contribution is 2.25. The minimum Gasteiger partial charge on any atom is -0.491 e. The van der Waals surface area contributed by atoms with Crippen LogP contribution < -0.4 is 10.5 Å². The molecule has 120 valence electrons. The average Bonchev–Trinajstić information content (AvgIpc) is 2.53. The molecule has 1 amide bonds. The van der Waals surface area contributed by atoms with E-state index in [1.807, 2.05) is 6.92 Å². The summed E-state index contributed by atoms with van der Waals surface area (Å²) in [6.07, 6.45) is 1.88. The predicted octanol–water partition coefficient (Wildman–Crippen LogP) is 1.99. The van der Waals surface area contributed by atoms with E-state index in [2.05, 4.69) is 0 Å². The molecule has 0 unspecified atom stereocenters. The van der Waals surface area contributed by atoms with E-state index in [1.165, 1.54) is 0 Å². The van der Waals surface area contributed by atoms with Gasteiger partial charge in [-0.3, -0.25) is 9.59 Å². The standard InChI is InChI=1S/C16H22N2O4/c1-2-9-22-14-4-3-12(10-13(14)17)15(19)18-7-5-11(6-8-18)16(20)21/h3-4,10-11H,2,5-9,17H2,1H3,(H,20,21). The molecule has 6 nitrogen and oxygen atoms in total. The first-order valence-corrected chi connectivity index (χ1v) is 7.57. The molecule has 1 aliphatic rings. The zero-order valence-corrected chi connectivity index (χ0v) is 12.7. The van der Waals surface area contributed by atoms with Crippen molar-refractivity contribution in [1.29, 1.82) is 0 Å². The summed E-state index contributed by atoms with van der Waals surface area (Å²) < 4.78 is 5.49. The summed E-state index contributed by atoms with van der Waals surface area (Å²) in [6.45, 7) is 3.52. The number of ether oxygens (including phenoxy) is 1. The number of likely N-dealkylation sites (tertiary alicyclic amines) is 1. The first-order chi connectivity index (χ1) is 10.5. The van der Waals surface area contributed by atoms with Crippen molar-refractivity contribution in [2.75, 3.05) is 25.4 Å². The molecule has 22 heavy (non-hydrogen) atoms. The third kappa shape index (κ3) is 3.69. The summed E-state index contributed by atoms with van der Waals surface area (Å²) in [7, 11) is 0. The van der Waals surface area contributed by atoms with E-state index >= 15 is 0 Å². The number of nitrogens with zero attached hydrogens (tertiary/aromatic N) is 1. The van der Waals surface area contributed by atoms with Crippen molar-refractivity contribution in [2.45, 2.75) is 26.2 Å². The van der Waals surface area contributed by atoms with Gasteiger partial charge < -0.3 is 20.5 Å². The summed E-state index contributed by atoms with van der Waals surface area (Å²) >= 11 is 0. The summed E-state index contributed by atoms with van der Waals surface area (Å²) in [5, 5.41) is 8.98. The molecule has 0 aromatic heterocycles. The van der Waals surface area contributed by atoms with E-state index in [0.29, 0.717) is 49.5 Å². The summed E-state index contributed by atoms with van der Waals surface area (Å²) in [6, 6.07) is 5.03. The van der Waals surface area contributed by atoms with E-state index in [0.717, 1.165) is 6.42 Å². The molecule has 1 aliphatic heterocycles. The molecule has 2 rings (SSSR count). The Bertz CT molecular complexity index is 551. The van der Waals surface area contributed by atoms with E-state index in [1.54, 1.807) is 23.1 Å². The summed E-state index contributed by atoms with van der Waals surface area (Å²) in [5.74, 6) is -0.659. The maximum atomic E-state index is 12.4. The fourth-order valence-corrected chi connectivity index (χ4v) is 2.54. The molecule has 6 heteroatoms. The fourth-order valence-electron chi connectivity index (χ4n) is 2.54. The van der Waals surface area contributed by atoms with Gasteiger partial charge in [0.05, 0.1) is 18.2 Å². The third-order valence-corrected chi connectivity index (χ3v) is 3.85. The number of benzene rings is 1. The van der Waals surface area contributed by atoms with Gasteiger partial charge in [-0.2, -0.15) is 0 Å². The van der Waals surface area contributed by atoms with E-state index in [-0.39, 0.29) is 11.8 Å². The van der Waals surface area contributed by atoms with Crippen LogP contribution in [0.25, 0.3) is 0 Å². The van der Waals surface area contributed by atoms with Gasteiger partial charge in [-0.1, -0.05) is 6.92 Å². The smallest absolute Gasteiger partial charge is 0.306 e. The number of carboxylic acid groups (broad SMARTS) is 1. The number of nitrogens with two attached hydrogens (primary N) is 1. The molecule has 1 heterocycles. The predicted molar refractivity (Wildman–Crippen MR) is 82.9 cm³/mol. The second-order valence-electron chi connectivity index (χ2n) is 5.51. The number of carbonyl (C=O) groups excluding carboxylic acids is 1. The Morgan fingerprint density at radius 3 is 2.59 bits per heavy atom. The monoisotopic (exact) mass is 306 g/mol. The lowest BCUT2D eigenvalue weighted by Gasteiger charge is -2.30. The Morgan fingerprint density at radius 1 is 1.36 bits per heavy atom. The molecule has 1 aromatic rings. The van der Waals surface area contributed by atoms with Crippen molar-refractivity contribution in [1.82, 2.24) is 4.90 Å². The lowest BCUT2D eigenvalue weighted by Crippen LogP contribution is -2.40. The lowest BCUT2D eigenvalue weighted by molar-refractivity contribution is -0.143. The highest BCUT2D eigenvalue weighted by Gasteiger charge is 2.27. The summed E-state index contributed by atoms with van der Waals surface area (Å²) in [4.78, 5) is 25.1. The maximum absolute atomic E-state index is 12.4. The van der Waals surface area contributed by atoms with Crippen LogP contribution >= 0.6 is 0 Å². The van der Waals surface area contributed by atoms with Gasteiger partial charge in [0.15, 0.2) is 0 Å². The van der Waals surface area contributed by atoms with Crippen molar-refractivity contribution >= 4 is 17.6 Å². The van der Waals surface area contributed by atoms with Crippen LogP contribution in [0, 0.1) is 5.92 Å². The van der Waals surface area contributed by atoms with Crippen molar-refractivity contribution in [3.05, 3.63) is 23.8 Å². The number of hydrogen-bond donors (Lipinski definition) is 2. The van der Waals surface area contributed by atoms with Crippen molar-refractivity contribution in [3.8, 4) is 5.75 Å². The molecule has 1 fully saturated rings. The van der Waals surface area contributed by atoms with Crippen LogP contribution in [0.1, 0.15) is 36.5 Å². The molecule has 0 atom stereocenters. The molecule has 0 aliphatic carbocycles. The van der Waals surface area contributed by atoms with Crippen LogP contribution in [0.5, 0.6) is 5.75 Å². The molecule has 0 saturated carbocycles. The van der Waals surface area contributed by atoms with Crippen molar-refractivity contribution in [2.24, 2.45) is 5.92 Å². The molecule has 1 saturated heterocycles. The molecular weight excluding hydrogens is 284 g/mol. The fraction of sp³-hybridized carbons (Fsp3) is 0.500. The molecule has 0 bridgehead atoms. The van der Waals surface area contributed by atoms with Gasteiger partial charge >= 0.3 is 5.97 Å². The molecule has 3 N–H and O–H groups in total. The van der Waals surface area contributed by atoms with E-state index < -0.39 is 5.97 Å². The number of anilines is 1. The van der Waals surface area contributed by atoms with Crippen LogP contribution in [-0.4, -0.2) is 41.6 Å². The Morgan fingerprint density at radius 2 is 2.05 bits per heavy atom. The van der Waals surface area contributed by atoms with Gasteiger partial charge in [-0.15, -0.1) is 0 Å². The van der Waals surface area contributed by atoms with Crippen LogP contribution in [0.4, 0.5) is 5.69 Å². The van der Waals surface area contributed by atoms with Crippen molar-refractivity contribution < 1.29 is 19.4 Å². The Labute approximate surface area is 129 Å². The van der Waals surface area contributed by atoms with E-state index in [9.17, 15) is 9.59 Å². The van der Waals surface area contributed by atoms with Crippen LogP contribution in [0.2, 0.25) is 0 Å². The second-order valence-corrected chi connectivity index (χ2v) is 5.51. The van der Waals surface area contributed by atoms with E-state index in [4.69, 9.17) is 15.6 Å². The van der Waals surface area contributed by atoms with Crippen LogP contribution in [0.3, 0.4) is 0 Å².